The number of carbonyl (C=O) groups excluding carboxylic acids is 1. The van der Waals surface area contributed by atoms with Crippen molar-refractivity contribution in [1.29, 1.82) is 0 Å². The fourth-order valence-electron chi connectivity index (χ4n) is 2.99. The molecular weight excluding hydrogens is 340 g/mol. The average molecular weight is 368 g/mol. The van der Waals surface area contributed by atoms with Crippen molar-refractivity contribution >= 4 is 11.6 Å². The Morgan fingerprint density at radius 2 is 1.78 bits per heavy atom. The summed E-state index contributed by atoms with van der Waals surface area (Å²) in [4.78, 5) is 14.3. The van der Waals surface area contributed by atoms with Gasteiger partial charge in [0.15, 0.2) is 0 Å². The molecule has 0 atom stereocenters. The monoisotopic (exact) mass is 368 g/mol. The van der Waals surface area contributed by atoms with Gasteiger partial charge >= 0.3 is 0 Å². The van der Waals surface area contributed by atoms with E-state index in [2.05, 4.69) is 34.5 Å². The molecule has 1 saturated heterocycles. The number of ether oxygens (including phenoxy) is 2. The molecule has 1 fully saturated rings. The van der Waals surface area contributed by atoms with Crippen LogP contribution in [-0.4, -0.2) is 38.8 Å². The van der Waals surface area contributed by atoms with Gasteiger partial charge in [0.05, 0.1) is 19.8 Å². The number of nitrogens with zero attached hydrogens (tertiary/aromatic N) is 1. The first-order valence-electron chi connectivity index (χ1n) is 9.58. The minimum absolute atomic E-state index is 0.0553. The van der Waals surface area contributed by atoms with Crippen molar-refractivity contribution in [2.24, 2.45) is 0 Å². The van der Waals surface area contributed by atoms with Crippen molar-refractivity contribution in [2.45, 2.75) is 26.3 Å². The second-order valence-electron chi connectivity index (χ2n) is 6.81. The largest absolute Gasteiger partial charge is 0.494 e. The maximum Gasteiger partial charge on any atom is 0.220 e. The van der Waals surface area contributed by atoms with Crippen LogP contribution < -0.4 is 15.0 Å². The van der Waals surface area contributed by atoms with Crippen LogP contribution in [0.5, 0.6) is 5.75 Å². The highest BCUT2D eigenvalue weighted by Gasteiger charge is 2.10. The third-order valence-electron chi connectivity index (χ3n) is 4.64. The van der Waals surface area contributed by atoms with E-state index in [9.17, 15) is 4.79 Å². The van der Waals surface area contributed by atoms with Crippen LogP contribution in [-0.2, 0) is 16.1 Å². The molecule has 1 amide bonds. The summed E-state index contributed by atoms with van der Waals surface area (Å²) in [6.07, 6.45) is 1.17. The third-order valence-corrected chi connectivity index (χ3v) is 4.64. The van der Waals surface area contributed by atoms with E-state index in [1.54, 1.807) is 0 Å². The summed E-state index contributed by atoms with van der Waals surface area (Å²) in [6.45, 7) is 6.58. The summed E-state index contributed by atoms with van der Waals surface area (Å²) < 4.78 is 11.0. The van der Waals surface area contributed by atoms with Gasteiger partial charge in [-0.05, 0) is 43.2 Å². The number of morpholine rings is 1. The van der Waals surface area contributed by atoms with E-state index in [1.165, 1.54) is 11.3 Å². The molecule has 2 aromatic rings. The van der Waals surface area contributed by atoms with Gasteiger partial charge in [-0.2, -0.15) is 0 Å². The number of carbonyl (C=O) groups is 1. The number of anilines is 1. The first-order chi connectivity index (χ1) is 13.2. The number of hydrogen-bond acceptors (Lipinski definition) is 4. The Bertz CT molecular complexity index is 707. The normalized spacial score (nSPS) is 14.0. The first kappa shape index (κ1) is 19.2. The molecule has 0 aliphatic carbocycles. The summed E-state index contributed by atoms with van der Waals surface area (Å²) in [5.74, 6) is 0.904. The molecule has 144 valence electrons. The minimum atomic E-state index is 0.0553. The average Bonchev–Trinajstić information content (AvgIpc) is 2.72. The fraction of sp³-hybridized carbons (Fsp3) is 0.409. The van der Waals surface area contributed by atoms with Crippen LogP contribution in [0.1, 0.15) is 24.0 Å². The van der Waals surface area contributed by atoms with Crippen molar-refractivity contribution < 1.29 is 14.3 Å². The molecule has 0 bridgehead atoms. The predicted octanol–water partition coefficient (Wildman–Crippen LogP) is 3.31. The standard InChI is InChI=1S/C22H28N2O3/c1-18-4-10-21(11-5-18)27-14-2-3-22(25)23-17-19-6-8-20(9-7-19)24-12-15-26-16-13-24/h4-11H,2-3,12-17H2,1H3,(H,23,25). The smallest absolute Gasteiger partial charge is 0.220 e. The molecule has 1 heterocycles. The number of benzene rings is 2. The van der Waals surface area contributed by atoms with Crippen LogP contribution in [0.4, 0.5) is 5.69 Å². The van der Waals surface area contributed by atoms with E-state index < -0.39 is 0 Å². The van der Waals surface area contributed by atoms with Crippen molar-refractivity contribution in [2.75, 3.05) is 37.8 Å². The maximum absolute atomic E-state index is 12.0. The molecule has 0 saturated carbocycles. The molecule has 5 nitrogen and oxygen atoms in total. The zero-order valence-electron chi connectivity index (χ0n) is 15.9. The van der Waals surface area contributed by atoms with E-state index in [1.807, 2.05) is 31.2 Å². The molecule has 27 heavy (non-hydrogen) atoms. The maximum atomic E-state index is 12.0. The zero-order valence-corrected chi connectivity index (χ0v) is 15.9. The molecule has 2 aromatic carbocycles. The van der Waals surface area contributed by atoms with Crippen LogP contribution in [0.3, 0.4) is 0 Å². The number of hydrogen-bond donors (Lipinski definition) is 1. The van der Waals surface area contributed by atoms with Gasteiger partial charge < -0.3 is 19.7 Å². The topological polar surface area (TPSA) is 50.8 Å². The van der Waals surface area contributed by atoms with Crippen molar-refractivity contribution in [3.05, 3.63) is 59.7 Å². The Labute approximate surface area is 161 Å². The van der Waals surface area contributed by atoms with E-state index in [4.69, 9.17) is 9.47 Å². The van der Waals surface area contributed by atoms with E-state index >= 15 is 0 Å². The van der Waals surface area contributed by atoms with Gasteiger partial charge in [0.25, 0.3) is 0 Å². The Morgan fingerprint density at radius 3 is 2.48 bits per heavy atom. The van der Waals surface area contributed by atoms with E-state index in [0.29, 0.717) is 26.0 Å². The van der Waals surface area contributed by atoms with Gasteiger partial charge in [-0.15, -0.1) is 0 Å². The fourth-order valence-corrected chi connectivity index (χ4v) is 2.99. The molecular formula is C22H28N2O3. The second kappa shape index (κ2) is 9.97. The van der Waals surface area contributed by atoms with Gasteiger partial charge in [-0.1, -0.05) is 29.8 Å². The van der Waals surface area contributed by atoms with Crippen LogP contribution in [0.25, 0.3) is 0 Å². The number of amides is 1. The second-order valence-corrected chi connectivity index (χ2v) is 6.81. The van der Waals surface area contributed by atoms with Crippen LogP contribution in [0.15, 0.2) is 48.5 Å². The summed E-state index contributed by atoms with van der Waals surface area (Å²) in [6, 6.07) is 16.3. The Morgan fingerprint density at radius 1 is 1.07 bits per heavy atom. The van der Waals surface area contributed by atoms with Crippen LogP contribution in [0.2, 0.25) is 0 Å². The van der Waals surface area contributed by atoms with E-state index in [0.717, 1.165) is 37.6 Å². The number of rotatable bonds is 8. The van der Waals surface area contributed by atoms with Crippen LogP contribution >= 0.6 is 0 Å². The third kappa shape index (κ3) is 6.29. The molecule has 0 unspecified atom stereocenters. The SMILES string of the molecule is Cc1ccc(OCCCC(=O)NCc2ccc(N3CCOCC3)cc2)cc1. The molecule has 1 N–H and O–H groups in total. The first-order valence-corrected chi connectivity index (χ1v) is 9.58. The molecule has 1 aliphatic heterocycles. The van der Waals surface area contributed by atoms with Crippen molar-refractivity contribution in [3.8, 4) is 5.75 Å². The van der Waals surface area contributed by atoms with Crippen molar-refractivity contribution in [3.63, 3.8) is 0 Å². The summed E-state index contributed by atoms with van der Waals surface area (Å²) >= 11 is 0. The van der Waals surface area contributed by atoms with Crippen LogP contribution in [0, 0.1) is 6.92 Å². The lowest BCUT2D eigenvalue weighted by atomic mass is 10.2. The Hall–Kier alpha value is -2.53. The number of aryl methyl sites for hydroxylation is 1. The lowest BCUT2D eigenvalue weighted by Gasteiger charge is -2.28. The molecule has 0 radical (unpaired) electrons. The van der Waals surface area contributed by atoms with Gasteiger partial charge in [0, 0.05) is 31.7 Å². The predicted molar refractivity (Wildman–Crippen MR) is 107 cm³/mol. The highest BCUT2D eigenvalue weighted by Crippen LogP contribution is 2.16. The van der Waals surface area contributed by atoms with Crippen molar-refractivity contribution in [1.82, 2.24) is 5.32 Å². The summed E-state index contributed by atoms with van der Waals surface area (Å²) in [5.41, 5.74) is 3.53. The Balaban J connectivity index is 1.33. The summed E-state index contributed by atoms with van der Waals surface area (Å²) in [5, 5.41) is 2.98. The molecule has 5 heteroatoms. The van der Waals surface area contributed by atoms with E-state index in [-0.39, 0.29) is 5.91 Å². The van der Waals surface area contributed by atoms with Gasteiger partial charge in [0.2, 0.25) is 5.91 Å². The molecule has 3 rings (SSSR count). The highest BCUT2D eigenvalue weighted by atomic mass is 16.5. The molecule has 0 aromatic heterocycles. The van der Waals surface area contributed by atoms with Gasteiger partial charge in [0.1, 0.15) is 5.75 Å². The molecule has 1 aliphatic rings. The Kier molecular flexibility index (Phi) is 7.11. The number of nitrogens with one attached hydrogen (secondary N) is 1. The highest BCUT2D eigenvalue weighted by molar-refractivity contribution is 5.75. The lowest BCUT2D eigenvalue weighted by molar-refractivity contribution is -0.121. The summed E-state index contributed by atoms with van der Waals surface area (Å²) in [7, 11) is 0. The van der Waals surface area contributed by atoms with Gasteiger partial charge in [-0.3, -0.25) is 4.79 Å². The zero-order chi connectivity index (χ0) is 18.9. The van der Waals surface area contributed by atoms with Gasteiger partial charge in [-0.25, -0.2) is 0 Å². The lowest BCUT2D eigenvalue weighted by Crippen LogP contribution is -2.36. The molecule has 0 spiro atoms. The quantitative estimate of drug-likeness (QED) is 0.727. The minimum Gasteiger partial charge on any atom is -0.494 e.